The summed E-state index contributed by atoms with van der Waals surface area (Å²) in [4.78, 5) is 11.1. The second-order valence-electron chi connectivity index (χ2n) is 2.41. The van der Waals surface area contributed by atoms with Crippen molar-refractivity contribution in [2.45, 2.75) is 6.92 Å². The average Bonchev–Trinajstić information content (AvgIpc) is 2.20. The molecule has 0 N–H and O–H groups in total. The standard InChI is InChI=1S/C8H10N2O4/c1-7(4-13-6-10)8(11)14-3-2-12-5-9/h7H,2-4H2,1H3. The van der Waals surface area contributed by atoms with Gasteiger partial charge in [0.2, 0.25) is 0 Å². The Kier molecular flexibility index (Phi) is 6.62. The molecule has 1 atom stereocenters. The highest BCUT2D eigenvalue weighted by Crippen LogP contribution is 1.98. The highest BCUT2D eigenvalue weighted by atomic mass is 16.6. The van der Waals surface area contributed by atoms with Crippen molar-refractivity contribution in [3.05, 3.63) is 0 Å². The molecule has 0 amide bonds. The lowest BCUT2D eigenvalue weighted by Crippen LogP contribution is -2.20. The molecule has 0 spiro atoms. The maximum atomic E-state index is 11.1. The number of carbonyl (C=O) groups excluding carboxylic acids is 1. The van der Waals surface area contributed by atoms with Crippen LogP contribution in [0.25, 0.3) is 0 Å². The third kappa shape index (κ3) is 5.67. The number of esters is 1. The molecule has 1 unspecified atom stereocenters. The summed E-state index contributed by atoms with van der Waals surface area (Å²) in [5.74, 6) is -0.987. The molecule has 0 saturated heterocycles. The van der Waals surface area contributed by atoms with Gasteiger partial charge in [-0.3, -0.25) is 4.79 Å². The van der Waals surface area contributed by atoms with E-state index in [9.17, 15) is 4.79 Å². The zero-order valence-electron chi connectivity index (χ0n) is 7.73. The van der Waals surface area contributed by atoms with Crippen molar-refractivity contribution < 1.29 is 19.0 Å². The fourth-order valence-corrected chi connectivity index (χ4v) is 0.602. The fourth-order valence-electron chi connectivity index (χ4n) is 0.602. The molecule has 0 aromatic carbocycles. The number of nitrogens with zero attached hydrogens (tertiary/aromatic N) is 2. The van der Waals surface area contributed by atoms with Crippen LogP contribution in [0.2, 0.25) is 0 Å². The van der Waals surface area contributed by atoms with Crippen LogP contribution in [0.5, 0.6) is 0 Å². The summed E-state index contributed by atoms with van der Waals surface area (Å²) in [5.41, 5.74) is 0. The molecule has 0 saturated carbocycles. The number of nitriles is 2. The Bertz CT molecular complexity index is 253. The van der Waals surface area contributed by atoms with Gasteiger partial charge >= 0.3 is 5.97 Å². The van der Waals surface area contributed by atoms with E-state index in [1.54, 1.807) is 6.92 Å². The third-order valence-corrected chi connectivity index (χ3v) is 1.29. The smallest absolute Gasteiger partial charge is 0.312 e. The number of hydrogen-bond acceptors (Lipinski definition) is 6. The van der Waals surface area contributed by atoms with Gasteiger partial charge in [-0.05, 0) is 6.92 Å². The average molecular weight is 198 g/mol. The van der Waals surface area contributed by atoms with Crippen LogP contribution in [0.4, 0.5) is 0 Å². The first-order chi connectivity index (χ1) is 6.72. The molecule has 76 valence electrons. The van der Waals surface area contributed by atoms with Crippen molar-refractivity contribution >= 4 is 5.97 Å². The first-order valence-electron chi connectivity index (χ1n) is 3.90. The van der Waals surface area contributed by atoms with E-state index in [-0.39, 0.29) is 19.8 Å². The predicted molar refractivity (Wildman–Crippen MR) is 43.3 cm³/mol. The van der Waals surface area contributed by atoms with Crippen molar-refractivity contribution in [2.24, 2.45) is 5.92 Å². The van der Waals surface area contributed by atoms with E-state index in [4.69, 9.17) is 15.3 Å². The molecule has 0 aliphatic heterocycles. The molecule has 0 rings (SSSR count). The third-order valence-electron chi connectivity index (χ3n) is 1.29. The minimum absolute atomic E-state index is 0.00552. The maximum absolute atomic E-state index is 11.1. The Morgan fingerprint density at radius 2 is 1.93 bits per heavy atom. The van der Waals surface area contributed by atoms with E-state index >= 15 is 0 Å². The van der Waals surface area contributed by atoms with Gasteiger partial charge in [0.05, 0.1) is 5.92 Å². The molecule has 6 heteroatoms. The van der Waals surface area contributed by atoms with Crippen LogP contribution in [-0.2, 0) is 19.0 Å². The van der Waals surface area contributed by atoms with Gasteiger partial charge in [0.25, 0.3) is 12.5 Å². The highest BCUT2D eigenvalue weighted by Gasteiger charge is 2.14. The summed E-state index contributed by atoms with van der Waals surface area (Å²) in [6.07, 6.45) is 2.90. The monoisotopic (exact) mass is 198 g/mol. The van der Waals surface area contributed by atoms with Crippen molar-refractivity contribution in [1.29, 1.82) is 10.5 Å². The van der Waals surface area contributed by atoms with Gasteiger partial charge in [0.1, 0.15) is 19.8 Å². The number of hydrogen-bond donors (Lipinski definition) is 0. The van der Waals surface area contributed by atoms with Gasteiger partial charge in [-0.2, -0.15) is 10.5 Å². The Labute approximate surface area is 81.6 Å². The largest absolute Gasteiger partial charge is 0.462 e. The minimum atomic E-state index is -0.503. The van der Waals surface area contributed by atoms with E-state index < -0.39 is 11.9 Å². The highest BCUT2D eigenvalue weighted by molar-refractivity contribution is 5.72. The fraction of sp³-hybridized carbons (Fsp3) is 0.625. The Morgan fingerprint density at radius 1 is 1.29 bits per heavy atom. The molecule has 14 heavy (non-hydrogen) atoms. The second kappa shape index (κ2) is 7.69. The van der Waals surface area contributed by atoms with Crippen molar-refractivity contribution in [1.82, 2.24) is 0 Å². The van der Waals surface area contributed by atoms with Gasteiger partial charge in [-0.25, -0.2) is 0 Å². The van der Waals surface area contributed by atoms with E-state index in [1.807, 2.05) is 0 Å². The van der Waals surface area contributed by atoms with Gasteiger partial charge in [-0.1, -0.05) is 0 Å². The lowest BCUT2D eigenvalue weighted by atomic mass is 10.2. The summed E-state index contributed by atoms with van der Waals surface area (Å²) >= 11 is 0. The molecule has 0 aliphatic carbocycles. The van der Waals surface area contributed by atoms with Crippen LogP contribution < -0.4 is 0 Å². The first-order valence-corrected chi connectivity index (χ1v) is 3.90. The molecule has 0 aromatic rings. The van der Waals surface area contributed by atoms with Crippen LogP contribution in [0, 0.1) is 29.0 Å². The molecule has 0 bridgehead atoms. The van der Waals surface area contributed by atoms with Crippen LogP contribution in [0.15, 0.2) is 0 Å². The van der Waals surface area contributed by atoms with Gasteiger partial charge < -0.3 is 14.2 Å². The quantitative estimate of drug-likeness (QED) is 0.343. The number of ether oxygens (including phenoxy) is 3. The van der Waals surface area contributed by atoms with E-state index in [2.05, 4.69) is 9.47 Å². The Morgan fingerprint density at radius 3 is 2.50 bits per heavy atom. The van der Waals surface area contributed by atoms with Crippen molar-refractivity contribution in [3.63, 3.8) is 0 Å². The molecule has 0 radical (unpaired) electrons. The summed E-state index contributed by atoms with van der Waals surface area (Å²) < 4.78 is 13.4. The van der Waals surface area contributed by atoms with Gasteiger partial charge in [0, 0.05) is 0 Å². The molecular weight excluding hydrogens is 188 g/mol. The minimum Gasteiger partial charge on any atom is -0.462 e. The number of carbonyl (C=O) groups is 1. The lowest BCUT2D eigenvalue weighted by Gasteiger charge is -2.08. The van der Waals surface area contributed by atoms with Gasteiger partial charge in [-0.15, -0.1) is 0 Å². The second-order valence-corrected chi connectivity index (χ2v) is 2.41. The van der Waals surface area contributed by atoms with Crippen LogP contribution >= 0.6 is 0 Å². The summed E-state index contributed by atoms with van der Waals surface area (Å²) in [6, 6.07) is 0. The molecule has 6 nitrogen and oxygen atoms in total. The first kappa shape index (κ1) is 12.0. The zero-order valence-corrected chi connectivity index (χ0v) is 7.73. The predicted octanol–water partition coefficient (Wildman–Crippen LogP) is 0.161. The van der Waals surface area contributed by atoms with Crippen LogP contribution in [-0.4, -0.2) is 25.8 Å². The summed E-state index contributed by atoms with van der Waals surface area (Å²) in [7, 11) is 0. The van der Waals surface area contributed by atoms with Gasteiger partial charge in [0.15, 0.2) is 0 Å². The molecule has 0 aromatic heterocycles. The molecular formula is C8H10N2O4. The zero-order chi connectivity index (χ0) is 10.8. The topological polar surface area (TPSA) is 92.3 Å². The molecule has 0 fully saturated rings. The number of rotatable bonds is 6. The van der Waals surface area contributed by atoms with E-state index in [1.165, 1.54) is 12.5 Å². The van der Waals surface area contributed by atoms with E-state index in [0.717, 1.165) is 0 Å². The lowest BCUT2D eigenvalue weighted by molar-refractivity contribution is -0.150. The Balaban J connectivity index is 3.54. The Hall–Kier alpha value is -1.95. The SMILES string of the molecule is CC(COC#N)C(=O)OCCOC#N. The summed E-state index contributed by atoms with van der Waals surface area (Å²) in [6.45, 7) is 1.62. The normalized spacial score (nSPS) is 10.5. The van der Waals surface area contributed by atoms with E-state index in [0.29, 0.717) is 0 Å². The maximum Gasteiger partial charge on any atom is 0.312 e. The van der Waals surface area contributed by atoms with Crippen molar-refractivity contribution in [2.75, 3.05) is 19.8 Å². The van der Waals surface area contributed by atoms with Crippen LogP contribution in [0.1, 0.15) is 6.92 Å². The van der Waals surface area contributed by atoms with Crippen molar-refractivity contribution in [3.8, 4) is 12.5 Å². The summed E-state index contributed by atoms with van der Waals surface area (Å²) in [5, 5.41) is 16.1. The molecule has 0 heterocycles. The molecule has 0 aliphatic rings. The van der Waals surface area contributed by atoms with Crippen LogP contribution in [0.3, 0.4) is 0 Å².